The van der Waals surface area contributed by atoms with E-state index in [1.54, 1.807) is 12.1 Å². The molecule has 2 aromatic carbocycles. The number of hydrogen-bond acceptors (Lipinski definition) is 4. The lowest BCUT2D eigenvalue weighted by atomic mass is 9.90. The van der Waals surface area contributed by atoms with Crippen molar-refractivity contribution in [3.8, 4) is 5.75 Å². The van der Waals surface area contributed by atoms with Gasteiger partial charge in [-0.3, -0.25) is 0 Å². The van der Waals surface area contributed by atoms with Crippen LogP contribution in [0.3, 0.4) is 0 Å². The van der Waals surface area contributed by atoms with E-state index in [9.17, 15) is 21.8 Å². The van der Waals surface area contributed by atoms with Gasteiger partial charge in [0.05, 0.1) is 10.4 Å². The predicted molar refractivity (Wildman–Crippen MR) is 91.0 cm³/mol. The minimum Gasteiger partial charge on any atom is -0.406 e. The minimum atomic E-state index is -4.83. The van der Waals surface area contributed by atoms with E-state index < -0.39 is 33.4 Å². The first-order chi connectivity index (χ1) is 12.6. The van der Waals surface area contributed by atoms with E-state index in [4.69, 9.17) is 4.78 Å². The lowest BCUT2D eigenvalue weighted by Crippen LogP contribution is -2.46. The van der Waals surface area contributed by atoms with Gasteiger partial charge in [-0.1, -0.05) is 12.1 Å². The molecule has 0 aromatic heterocycles. The molecule has 1 saturated heterocycles. The van der Waals surface area contributed by atoms with E-state index in [1.807, 2.05) is 0 Å². The van der Waals surface area contributed by atoms with Gasteiger partial charge in [-0.15, -0.1) is 13.2 Å². The highest BCUT2D eigenvalue weighted by Crippen LogP contribution is 2.31. The molecule has 1 aliphatic heterocycles. The van der Waals surface area contributed by atoms with Crippen molar-refractivity contribution in [1.29, 1.82) is 4.78 Å². The maximum absolute atomic E-state index is 13.2. The summed E-state index contributed by atoms with van der Waals surface area (Å²) in [7, 11) is -3.54. The quantitative estimate of drug-likeness (QED) is 0.669. The Labute approximate surface area is 153 Å². The van der Waals surface area contributed by atoms with Crippen LogP contribution >= 0.6 is 0 Å². The molecule has 1 heterocycles. The Kier molecular flexibility index (Phi) is 5.15. The van der Waals surface area contributed by atoms with Gasteiger partial charge in [0, 0.05) is 6.54 Å². The molecule has 2 aromatic rings. The third-order valence-electron chi connectivity index (χ3n) is 4.28. The van der Waals surface area contributed by atoms with E-state index >= 15 is 0 Å². The van der Waals surface area contributed by atoms with Crippen LogP contribution in [0.25, 0.3) is 0 Å². The fourth-order valence-electron chi connectivity index (χ4n) is 3.02. The van der Waals surface area contributed by atoms with Gasteiger partial charge in [-0.05, 0) is 54.9 Å². The van der Waals surface area contributed by atoms with E-state index in [1.165, 1.54) is 12.1 Å². The summed E-state index contributed by atoms with van der Waals surface area (Å²) in [5.41, 5.74) is -0.181. The van der Waals surface area contributed by atoms with Gasteiger partial charge in [0.25, 0.3) is 0 Å². The molecule has 1 fully saturated rings. The van der Waals surface area contributed by atoms with Crippen LogP contribution in [-0.2, 0) is 15.5 Å². The second-order valence-corrected chi connectivity index (χ2v) is 7.98. The SMILES string of the molecule is N=S(=O)(N[C@]1(c2ccc(F)cc2)CCNC1)c1ccc(OC(F)(F)F)cc1. The Morgan fingerprint density at radius 3 is 2.26 bits per heavy atom. The summed E-state index contributed by atoms with van der Waals surface area (Å²) in [5, 5.41) is 3.13. The first-order valence-corrected chi connectivity index (χ1v) is 9.56. The topological polar surface area (TPSA) is 74.2 Å². The highest BCUT2D eigenvalue weighted by Gasteiger charge is 2.38. The molecular formula is C17H17F4N3O2S. The van der Waals surface area contributed by atoms with E-state index in [0.717, 1.165) is 24.3 Å². The van der Waals surface area contributed by atoms with E-state index in [2.05, 4.69) is 14.8 Å². The van der Waals surface area contributed by atoms with Gasteiger partial charge in [0.1, 0.15) is 21.5 Å². The zero-order valence-electron chi connectivity index (χ0n) is 14.0. The second kappa shape index (κ2) is 7.10. The van der Waals surface area contributed by atoms with Crippen molar-refractivity contribution in [2.24, 2.45) is 0 Å². The zero-order valence-corrected chi connectivity index (χ0v) is 14.8. The van der Waals surface area contributed by atoms with Gasteiger partial charge in [-0.2, -0.15) is 0 Å². The normalized spacial score (nSPS) is 22.4. The molecule has 0 spiro atoms. The van der Waals surface area contributed by atoms with Crippen LogP contribution in [0.5, 0.6) is 5.75 Å². The molecule has 5 nitrogen and oxygen atoms in total. The molecule has 2 atom stereocenters. The standard InChI is InChI=1S/C17H17F4N3O2S/c18-13-3-1-12(2-4-13)16(9-10-23-11-16)24-27(22,25)15-7-5-14(6-8-15)26-17(19,20)21/h1-8,23H,9-11H2,(H2,22,24,25)/t16-,27?/m1/s1. The van der Waals surface area contributed by atoms with Crippen molar-refractivity contribution in [1.82, 2.24) is 10.0 Å². The van der Waals surface area contributed by atoms with Gasteiger partial charge < -0.3 is 10.1 Å². The molecule has 0 amide bonds. The molecule has 0 aliphatic carbocycles. The molecule has 0 saturated carbocycles. The van der Waals surface area contributed by atoms with Crippen LogP contribution in [0.4, 0.5) is 17.6 Å². The van der Waals surface area contributed by atoms with Crippen molar-refractivity contribution in [2.75, 3.05) is 13.1 Å². The van der Waals surface area contributed by atoms with Crippen LogP contribution in [0.1, 0.15) is 12.0 Å². The van der Waals surface area contributed by atoms with Crippen molar-refractivity contribution in [3.63, 3.8) is 0 Å². The third kappa shape index (κ3) is 4.57. The van der Waals surface area contributed by atoms with Gasteiger partial charge in [0.15, 0.2) is 0 Å². The molecule has 1 aliphatic rings. The molecule has 27 heavy (non-hydrogen) atoms. The fraction of sp³-hybridized carbons (Fsp3) is 0.294. The first-order valence-electron chi connectivity index (χ1n) is 8.00. The summed E-state index contributed by atoms with van der Waals surface area (Å²) >= 11 is 0. The lowest BCUT2D eigenvalue weighted by Gasteiger charge is -2.31. The third-order valence-corrected chi connectivity index (χ3v) is 5.89. The Hall–Kier alpha value is -2.17. The van der Waals surface area contributed by atoms with Crippen LogP contribution in [0.15, 0.2) is 53.4 Å². The van der Waals surface area contributed by atoms with Crippen LogP contribution < -0.4 is 14.8 Å². The molecule has 146 valence electrons. The minimum absolute atomic E-state index is 0.0189. The van der Waals surface area contributed by atoms with Gasteiger partial charge >= 0.3 is 6.36 Å². The number of benzene rings is 2. The molecule has 0 bridgehead atoms. The van der Waals surface area contributed by atoms with E-state index in [-0.39, 0.29) is 4.90 Å². The number of rotatable bonds is 5. The maximum Gasteiger partial charge on any atom is 0.573 e. The Bertz CT molecular complexity index is 891. The van der Waals surface area contributed by atoms with Crippen LogP contribution in [-0.4, -0.2) is 23.7 Å². The average molecular weight is 403 g/mol. The molecule has 0 radical (unpaired) electrons. The van der Waals surface area contributed by atoms with Crippen LogP contribution in [0, 0.1) is 10.6 Å². The predicted octanol–water partition coefficient (Wildman–Crippen LogP) is 3.52. The molecule has 3 rings (SSSR count). The number of alkyl halides is 3. The summed E-state index contributed by atoms with van der Waals surface area (Å²) in [5.74, 6) is -0.871. The van der Waals surface area contributed by atoms with Gasteiger partial charge in [0.2, 0.25) is 0 Å². The number of hydrogen-bond donors (Lipinski definition) is 3. The number of halogens is 4. The first kappa shape index (κ1) is 19.6. The molecule has 1 unspecified atom stereocenters. The monoisotopic (exact) mass is 403 g/mol. The molecular weight excluding hydrogens is 386 g/mol. The summed E-state index contributed by atoms with van der Waals surface area (Å²) in [4.78, 5) is 0.0189. The Morgan fingerprint density at radius 1 is 1.11 bits per heavy atom. The maximum atomic E-state index is 13.2. The number of nitrogens with one attached hydrogen (secondary N) is 3. The average Bonchev–Trinajstić information content (AvgIpc) is 3.03. The smallest absolute Gasteiger partial charge is 0.406 e. The van der Waals surface area contributed by atoms with Crippen molar-refractivity contribution < 1.29 is 26.5 Å². The van der Waals surface area contributed by atoms with Crippen LogP contribution in [0.2, 0.25) is 0 Å². The van der Waals surface area contributed by atoms with Crippen molar-refractivity contribution in [2.45, 2.75) is 23.2 Å². The summed E-state index contributed by atoms with van der Waals surface area (Å²) in [6.45, 7) is 0.988. The van der Waals surface area contributed by atoms with Gasteiger partial charge in [-0.25, -0.2) is 18.1 Å². The largest absolute Gasteiger partial charge is 0.573 e. The Balaban J connectivity index is 1.86. The summed E-state index contributed by atoms with van der Waals surface area (Å²) in [6.07, 6.45) is -4.31. The summed E-state index contributed by atoms with van der Waals surface area (Å²) < 4.78 is 77.8. The van der Waals surface area contributed by atoms with Crippen molar-refractivity contribution >= 4 is 9.92 Å². The zero-order chi connectivity index (χ0) is 19.7. The fourth-order valence-corrected chi connectivity index (χ4v) is 4.50. The molecule has 3 N–H and O–H groups in total. The Morgan fingerprint density at radius 2 is 1.74 bits per heavy atom. The highest BCUT2D eigenvalue weighted by molar-refractivity contribution is 7.90. The molecule has 10 heteroatoms. The number of ether oxygens (including phenoxy) is 1. The second-order valence-electron chi connectivity index (χ2n) is 6.19. The lowest BCUT2D eigenvalue weighted by molar-refractivity contribution is -0.274. The summed E-state index contributed by atoms with van der Waals surface area (Å²) in [6, 6.07) is 10.0. The highest BCUT2D eigenvalue weighted by atomic mass is 32.2. The van der Waals surface area contributed by atoms with Crippen molar-refractivity contribution in [3.05, 3.63) is 59.9 Å². The van der Waals surface area contributed by atoms with E-state index in [0.29, 0.717) is 25.1 Å².